The summed E-state index contributed by atoms with van der Waals surface area (Å²) in [6.07, 6.45) is -3.29. The number of halogens is 3. The molecular formula is C8H7F3N4. The Labute approximate surface area is 83.3 Å². The molecule has 0 unspecified atom stereocenters. The zero-order valence-corrected chi connectivity index (χ0v) is 7.54. The molecule has 4 nitrogen and oxygen atoms in total. The van der Waals surface area contributed by atoms with Gasteiger partial charge in [-0.1, -0.05) is 0 Å². The normalized spacial score (nSPS) is 12.6. The van der Waals surface area contributed by atoms with Crippen molar-refractivity contribution >= 4 is 19.1 Å². The maximum atomic E-state index is 12.2. The fraction of sp³-hybridized carbons (Fsp3) is 0.125. The van der Waals surface area contributed by atoms with Crippen LogP contribution in [0.3, 0.4) is 0 Å². The highest BCUT2D eigenvalue weighted by atomic mass is 19.4. The Bertz CT molecular complexity index is 402. The lowest BCUT2D eigenvalue weighted by Crippen LogP contribution is -2.04. The van der Waals surface area contributed by atoms with Gasteiger partial charge in [-0.15, -0.1) is 0 Å². The number of hydrogen-bond acceptors (Lipinski definition) is 3. The molecule has 1 aromatic rings. The minimum atomic E-state index is -4.46. The number of alkyl halides is 3. The van der Waals surface area contributed by atoms with Crippen LogP contribution in [0.2, 0.25) is 0 Å². The predicted molar refractivity (Wildman–Crippen MR) is 50.7 cm³/mol. The molecule has 0 aliphatic rings. The molecule has 1 aromatic heterocycles. The number of aliphatic imine (C=N–C) groups is 2. The number of aromatic amines is 1. The fourth-order valence-corrected chi connectivity index (χ4v) is 0.873. The molecule has 0 radical (unpaired) electrons. The van der Waals surface area contributed by atoms with Crippen LogP contribution in [0.1, 0.15) is 11.4 Å². The summed E-state index contributed by atoms with van der Waals surface area (Å²) in [6.45, 7) is 6.34. The van der Waals surface area contributed by atoms with E-state index in [1.54, 1.807) is 0 Å². The lowest BCUT2D eigenvalue weighted by Gasteiger charge is -1.99. The summed E-state index contributed by atoms with van der Waals surface area (Å²) < 4.78 is 36.5. The Kier molecular flexibility index (Phi) is 3.03. The first-order chi connectivity index (χ1) is 6.99. The second-order valence-corrected chi connectivity index (χ2v) is 2.52. The molecule has 15 heavy (non-hydrogen) atoms. The van der Waals surface area contributed by atoms with E-state index in [-0.39, 0.29) is 11.4 Å². The van der Waals surface area contributed by atoms with Gasteiger partial charge in [-0.3, -0.25) is 15.1 Å². The highest BCUT2D eigenvalue weighted by Crippen LogP contribution is 2.29. The zero-order chi connectivity index (χ0) is 11.5. The van der Waals surface area contributed by atoms with Crippen molar-refractivity contribution in [1.29, 1.82) is 0 Å². The van der Waals surface area contributed by atoms with Crippen LogP contribution in [-0.4, -0.2) is 23.6 Å². The standard InChI is InChI=1S/C8H7F3N4/c1-12-4-6(13-2)5-3-7(15-14-5)8(9,10)11/h3-4H,1-2H2,(H,14,15)/b6-4-. The third-order valence-electron chi connectivity index (χ3n) is 1.53. The minimum absolute atomic E-state index is 0.0183. The molecule has 1 heterocycles. The van der Waals surface area contributed by atoms with Gasteiger partial charge in [0.2, 0.25) is 0 Å². The molecular weight excluding hydrogens is 209 g/mol. The predicted octanol–water partition coefficient (Wildman–Crippen LogP) is 2.13. The number of rotatable bonds is 3. The highest BCUT2D eigenvalue weighted by molar-refractivity contribution is 5.65. The van der Waals surface area contributed by atoms with Crippen molar-refractivity contribution in [1.82, 2.24) is 10.2 Å². The number of H-pyrrole nitrogens is 1. The van der Waals surface area contributed by atoms with Gasteiger partial charge in [0.1, 0.15) is 17.1 Å². The Hall–Kier alpha value is -1.92. The van der Waals surface area contributed by atoms with Gasteiger partial charge in [-0.2, -0.15) is 18.3 Å². The monoisotopic (exact) mass is 216 g/mol. The molecule has 0 saturated carbocycles. The third kappa shape index (κ3) is 2.52. The first-order valence-electron chi connectivity index (χ1n) is 3.74. The van der Waals surface area contributed by atoms with Crippen LogP contribution >= 0.6 is 0 Å². The molecule has 1 rings (SSSR count). The van der Waals surface area contributed by atoms with Gasteiger partial charge in [0.15, 0.2) is 0 Å². The fourth-order valence-electron chi connectivity index (χ4n) is 0.873. The van der Waals surface area contributed by atoms with Crippen LogP contribution in [0.5, 0.6) is 0 Å². The van der Waals surface area contributed by atoms with E-state index in [9.17, 15) is 13.2 Å². The molecule has 0 saturated heterocycles. The zero-order valence-electron chi connectivity index (χ0n) is 7.54. The van der Waals surface area contributed by atoms with Gasteiger partial charge in [0, 0.05) is 0 Å². The topological polar surface area (TPSA) is 53.4 Å². The molecule has 0 aliphatic heterocycles. The van der Waals surface area contributed by atoms with E-state index >= 15 is 0 Å². The summed E-state index contributed by atoms with van der Waals surface area (Å²) in [7, 11) is 0. The van der Waals surface area contributed by atoms with Gasteiger partial charge in [-0.25, -0.2) is 0 Å². The molecule has 0 aromatic carbocycles. The molecule has 7 heteroatoms. The quantitative estimate of drug-likeness (QED) is 0.773. The maximum absolute atomic E-state index is 12.2. The average molecular weight is 216 g/mol. The Morgan fingerprint density at radius 1 is 1.47 bits per heavy atom. The molecule has 80 valence electrons. The van der Waals surface area contributed by atoms with Crippen molar-refractivity contribution in [2.24, 2.45) is 9.98 Å². The molecule has 1 N–H and O–H groups in total. The lowest BCUT2D eigenvalue weighted by atomic mass is 10.3. The van der Waals surface area contributed by atoms with Crippen LogP contribution in [0.4, 0.5) is 13.2 Å². The molecule has 0 bridgehead atoms. The van der Waals surface area contributed by atoms with E-state index in [4.69, 9.17) is 0 Å². The molecule has 0 spiro atoms. The molecule has 0 aliphatic carbocycles. The Morgan fingerprint density at radius 3 is 2.53 bits per heavy atom. The molecule has 0 fully saturated rings. The Morgan fingerprint density at radius 2 is 2.13 bits per heavy atom. The first kappa shape index (κ1) is 11.2. The summed E-state index contributed by atoms with van der Waals surface area (Å²) in [6, 6.07) is 0.825. The van der Waals surface area contributed by atoms with Crippen molar-refractivity contribution < 1.29 is 13.2 Å². The van der Waals surface area contributed by atoms with Gasteiger partial charge in [0.05, 0.1) is 6.20 Å². The van der Waals surface area contributed by atoms with Crippen LogP contribution in [0.25, 0.3) is 5.70 Å². The number of aromatic nitrogens is 2. The number of hydrogen-bond donors (Lipinski definition) is 1. The van der Waals surface area contributed by atoms with Crippen molar-refractivity contribution in [3.05, 3.63) is 23.7 Å². The van der Waals surface area contributed by atoms with Gasteiger partial charge in [0.25, 0.3) is 0 Å². The third-order valence-corrected chi connectivity index (χ3v) is 1.53. The highest BCUT2D eigenvalue weighted by Gasteiger charge is 2.33. The van der Waals surface area contributed by atoms with Crippen molar-refractivity contribution in [3.8, 4) is 0 Å². The van der Waals surface area contributed by atoms with Crippen LogP contribution in [-0.2, 0) is 6.18 Å². The first-order valence-corrected chi connectivity index (χ1v) is 3.74. The number of nitrogens with one attached hydrogen (secondary N) is 1. The van der Waals surface area contributed by atoms with Crippen LogP contribution in [0.15, 0.2) is 22.3 Å². The van der Waals surface area contributed by atoms with Crippen molar-refractivity contribution in [3.63, 3.8) is 0 Å². The van der Waals surface area contributed by atoms with Crippen molar-refractivity contribution in [2.75, 3.05) is 0 Å². The Balaban J connectivity index is 3.08. The van der Waals surface area contributed by atoms with Crippen LogP contribution in [0, 0.1) is 0 Å². The van der Waals surface area contributed by atoms with Gasteiger partial charge < -0.3 is 0 Å². The minimum Gasteiger partial charge on any atom is -0.273 e. The van der Waals surface area contributed by atoms with Gasteiger partial charge in [-0.05, 0) is 19.5 Å². The molecule has 0 atom stereocenters. The van der Waals surface area contributed by atoms with E-state index in [2.05, 4.69) is 28.5 Å². The average Bonchev–Trinajstić information content (AvgIpc) is 2.62. The van der Waals surface area contributed by atoms with Crippen LogP contribution < -0.4 is 0 Å². The lowest BCUT2D eigenvalue weighted by molar-refractivity contribution is -0.141. The van der Waals surface area contributed by atoms with Gasteiger partial charge >= 0.3 is 6.18 Å². The smallest absolute Gasteiger partial charge is 0.273 e. The number of nitrogens with zero attached hydrogens (tertiary/aromatic N) is 3. The largest absolute Gasteiger partial charge is 0.432 e. The van der Waals surface area contributed by atoms with Crippen molar-refractivity contribution in [2.45, 2.75) is 6.18 Å². The maximum Gasteiger partial charge on any atom is 0.432 e. The second-order valence-electron chi connectivity index (χ2n) is 2.52. The van der Waals surface area contributed by atoms with E-state index in [1.807, 2.05) is 5.10 Å². The SMILES string of the molecule is C=N/C=C(\N=C)c1cc(C(F)(F)F)[nH]n1. The van der Waals surface area contributed by atoms with E-state index in [0.717, 1.165) is 6.07 Å². The summed E-state index contributed by atoms with van der Waals surface area (Å²) in [5.41, 5.74) is -0.808. The van der Waals surface area contributed by atoms with E-state index in [0.29, 0.717) is 0 Å². The summed E-state index contributed by atoms with van der Waals surface area (Å²) in [4.78, 5) is 6.84. The second kappa shape index (κ2) is 4.07. The van der Waals surface area contributed by atoms with E-state index in [1.165, 1.54) is 6.20 Å². The summed E-state index contributed by atoms with van der Waals surface area (Å²) in [5.74, 6) is 0. The van der Waals surface area contributed by atoms with E-state index < -0.39 is 11.9 Å². The summed E-state index contributed by atoms with van der Waals surface area (Å²) in [5, 5.41) is 5.29. The molecule has 0 amide bonds. The summed E-state index contributed by atoms with van der Waals surface area (Å²) >= 11 is 0.